The Morgan fingerprint density at radius 2 is 1.41 bits per heavy atom. The molecule has 0 saturated heterocycles. The van der Waals surface area contributed by atoms with Gasteiger partial charge in [-0.1, -0.05) is 0 Å². The van der Waals surface area contributed by atoms with Crippen LogP contribution >= 0.6 is 24.8 Å². The van der Waals surface area contributed by atoms with Gasteiger partial charge in [0.15, 0.2) is 0 Å². The number of nitrogens with one attached hydrogen (secondary N) is 1. The van der Waals surface area contributed by atoms with Crippen LogP contribution in [0.2, 0.25) is 8.76 Å². The third kappa shape index (κ3) is 4.97. The molecule has 0 spiro atoms. The Morgan fingerprint density at radius 1 is 0.963 bits per heavy atom. The predicted octanol–water partition coefficient (Wildman–Crippen LogP) is 4.99. The maximum absolute atomic E-state index is 9.58. The minimum absolute atomic E-state index is 0. The molecule has 150 valence electrons. The van der Waals surface area contributed by atoms with Crippen molar-refractivity contribution < 1.29 is 22.8 Å². The normalized spacial score (nSPS) is 14.0. The van der Waals surface area contributed by atoms with Gasteiger partial charge in [0.2, 0.25) is 0 Å². The van der Waals surface area contributed by atoms with E-state index >= 15 is 0 Å². The van der Waals surface area contributed by atoms with E-state index in [9.17, 15) is 5.11 Å². The molecule has 3 rings (SSSR count). The van der Waals surface area contributed by atoms with Crippen LogP contribution in [0.4, 0.5) is 0 Å². The summed E-state index contributed by atoms with van der Waals surface area (Å²) in [6.07, 6.45) is 0.884. The Morgan fingerprint density at radius 3 is 1.81 bits per heavy atom. The van der Waals surface area contributed by atoms with Crippen molar-refractivity contribution in [2.75, 3.05) is 6.61 Å². The van der Waals surface area contributed by atoms with Gasteiger partial charge in [0.1, 0.15) is 0 Å². The third-order valence-corrected chi connectivity index (χ3v) is 24.6. The van der Waals surface area contributed by atoms with Crippen LogP contribution < -0.4 is 3.26 Å². The molecule has 0 saturated carbocycles. The summed E-state index contributed by atoms with van der Waals surface area (Å²) in [5, 5.41) is 9.58. The summed E-state index contributed by atoms with van der Waals surface area (Å²) in [4.78, 5) is 0. The van der Waals surface area contributed by atoms with E-state index in [0.717, 1.165) is 10.5 Å². The molecule has 27 heavy (non-hydrogen) atoms. The van der Waals surface area contributed by atoms with Crippen molar-refractivity contribution in [2.24, 2.45) is 0 Å². The van der Waals surface area contributed by atoms with Gasteiger partial charge in [-0.3, -0.25) is 0 Å². The summed E-state index contributed by atoms with van der Waals surface area (Å²) in [5.74, 6) is 0. The summed E-state index contributed by atoms with van der Waals surface area (Å²) >= 11 is -3.45. The molecule has 0 atom stereocenters. The fraction of sp³-hybridized carbons (Fsp3) is 0.429. The zero-order valence-electron chi connectivity index (χ0n) is 16.8. The number of hydrogen-bond donors (Lipinski definition) is 2. The van der Waals surface area contributed by atoms with Gasteiger partial charge in [0.25, 0.3) is 0 Å². The molecule has 0 radical (unpaired) electrons. The van der Waals surface area contributed by atoms with Crippen molar-refractivity contribution >= 4 is 31.7 Å². The second-order valence-electron chi connectivity index (χ2n) is 9.21. The van der Waals surface area contributed by atoms with Crippen molar-refractivity contribution in [3.05, 3.63) is 59.7 Å². The van der Waals surface area contributed by atoms with Crippen molar-refractivity contribution in [2.45, 2.75) is 45.1 Å². The molecule has 2 nitrogen and oxygen atoms in total. The van der Waals surface area contributed by atoms with Gasteiger partial charge in [0, 0.05) is 0 Å². The second kappa shape index (κ2) is 8.81. The molecule has 0 bridgehead atoms. The number of benzene rings is 2. The van der Waals surface area contributed by atoms with Crippen LogP contribution in [0, 0.1) is 0 Å². The molecule has 1 aliphatic carbocycles. The molecule has 2 aromatic carbocycles. The Labute approximate surface area is 179 Å². The van der Waals surface area contributed by atoms with E-state index in [4.69, 9.17) is 0 Å². The van der Waals surface area contributed by atoms with Gasteiger partial charge < -0.3 is 0 Å². The topological polar surface area (TPSA) is 32.3 Å². The van der Waals surface area contributed by atoms with E-state index in [-0.39, 0.29) is 37.0 Å². The molecular formula is C21H33Cl2NOSiZr. The summed E-state index contributed by atoms with van der Waals surface area (Å²) in [6, 6.07) is 17.9. The number of hydrogen-bond acceptors (Lipinski definition) is 2. The summed E-state index contributed by atoms with van der Waals surface area (Å²) < 4.78 is 8.33. The van der Waals surface area contributed by atoms with Crippen LogP contribution in [0.5, 0.6) is 0 Å². The standard InChI is InChI=1S/C13H9.C4H10N.C3H7O.CH3.2ClH.H2Si.Zr/c1-3-7-12-10(5-1)9-11-6-2-4-8-13(11)12;1-4(2,3)5;1-2-3-4;;;;;/h1-9H;5H,1-3H3;4H,1-3H2;1H3;2*1H;1H2;/q;-1;;;;;;+1. The molecule has 0 fully saturated rings. The first kappa shape index (κ1) is 25.1. The maximum Gasteiger partial charge on any atom is -0.147 e. The Bertz CT molecular complexity index is 820. The van der Waals surface area contributed by atoms with Crippen LogP contribution in [0.25, 0.3) is 11.1 Å². The summed E-state index contributed by atoms with van der Waals surface area (Å²) in [7, 11) is 0. The first-order valence-corrected chi connectivity index (χ1v) is 22.1. The van der Waals surface area contributed by atoms with Crippen molar-refractivity contribution in [3.8, 4) is 11.1 Å². The maximum atomic E-state index is 9.58. The average molecular weight is 506 g/mol. The largest absolute Gasteiger partial charge is 0.147 e. The van der Waals surface area contributed by atoms with E-state index in [2.05, 4.69) is 84.1 Å². The number of fused-ring (bicyclic) bond motifs is 3. The molecule has 0 aromatic heterocycles. The van der Waals surface area contributed by atoms with Gasteiger partial charge >= 0.3 is 155 Å². The molecule has 0 aliphatic heterocycles. The van der Waals surface area contributed by atoms with Gasteiger partial charge in [-0.25, -0.2) is 0 Å². The molecule has 2 aromatic rings. The Kier molecular flexibility index (Phi) is 8.19. The van der Waals surface area contributed by atoms with Crippen molar-refractivity contribution in [1.82, 2.24) is 3.26 Å². The van der Waals surface area contributed by atoms with Crippen LogP contribution in [-0.2, 0) is 17.7 Å². The van der Waals surface area contributed by atoms with E-state index < -0.39 is 17.7 Å². The van der Waals surface area contributed by atoms with Crippen LogP contribution in [0.15, 0.2) is 48.5 Å². The summed E-state index contributed by atoms with van der Waals surface area (Å²) in [5.41, 5.74) is 5.85. The molecule has 0 unspecified atom stereocenters. The average Bonchev–Trinajstić information content (AvgIpc) is 2.87. The monoisotopic (exact) mass is 503 g/mol. The fourth-order valence-electron chi connectivity index (χ4n) is 5.03. The third-order valence-electron chi connectivity index (χ3n) is 5.45. The van der Waals surface area contributed by atoms with Crippen molar-refractivity contribution in [3.63, 3.8) is 0 Å². The predicted molar refractivity (Wildman–Crippen MR) is 122 cm³/mol. The van der Waals surface area contributed by atoms with Gasteiger partial charge in [-0.2, -0.15) is 0 Å². The zero-order valence-corrected chi connectivity index (χ0v) is 22.3. The fourth-order valence-corrected chi connectivity index (χ4v) is 27.6. The Balaban J connectivity index is 0.00000182. The van der Waals surface area contributed by atoms with Crippen LogP contribution in [0.1, 0.15) is 41.9 Å². The molecule has 1 aliphatic rings. The van der Waals surface area contributed by atoms with Gasteiger partial charge in [-0.15, -0.1) is 24.8 Å². The number of halogens is 2. The minimum atomic E-state index is -3.45. The first-order valence-electron chi connectivity index (χ1n) is 9.29. The number of aliphatic hydroxyl groups is 1. The zero-order chi connectivity index (χ0) is 18.3. The Hall–Kier alpha value is 0.0400. The molecular weight excluding hydrogens is 472 g/mol. The SMILES string of the molecule is CC(C)(C)[NH][Zr]([CH3])(=[SiH2])([CH2]CCO)[CH]1c2ccccc2-c2ccccc21.Cl.Cl. The van der Waals surface area contributed by atoms with E-state index in [1.54, 1.807) is 0 Å². The van der Waals surface area contributed by atoms with Crippen LogP contribution in [-0.4, -0.2) is 24.1 Å². The molecule has 6 heteroatoms. The minimum Gasteiger partial charge on any atom is -0.147 e. The summed E-state index contributed by atoms with van der Waals surface area (Å²) in [6.45, 7) is 9.40. The van der Waals surface area contributed by atoms with Gasteiger partial charge in [-0.05, 0) is 0 Å². The number of rotatable bonds is 5. The smallest absolute Gasteiger partial charge is 0.147 e. The number of aliphatic hydroxyl groups excluding tert-OH is 1. The van der Waals surface area contributed by atoms with E-state index in [1.807, 2.05) is 0 Å². The second-order valence-corrected chi connectivity index (χ2v) is 35.9. The van der Waals surface area contributed by atoms with E-state index in [0.29, 0.717) is 3.63 Å². The van der Waals surface area contributed by atoms with Gasteiger partial charge in [0.05, 0.1) is 0 Å². The van der Waals surface area contributed by atoms with Crippen molar-refractivity contribution in [1.29, 1.82) is 0 Å². The molecule has 0 heterocycles. The molecule has 2 N–H and O–H groups in total. The first-order chi connectivity index (χ1) is 11.6. The quantitative estimate of drug-likeness (QED) is 0.561. The van der Waals surface area contributed by atoms with Crippen LogP contribution in [0.3, 0.4) is 0 Å². The van der Waals surface area contributed by atoms with E-state index in [1.165, 1.54) is 22.3 Å². The molecule has 0 amide bonds.